The number of amides is 2. The Bertz CT molecular complexity index is 1010. The molecule has 33 heavy (non-hydrogen) atoms. The van der Waals surface area contributed by atoms with Gasteiger partial charge >= 0.3 is 0 Å². The molecule has 0 aliphatic heterocycles. The maximum absolute atomic E-state index is 13.5. The highest BCUT2D eigenvalue weighted by Gasteiger charge is 2.30. The van der Waals surface area contributed by atoms with E-state index < -0.39 is 6.04 Å². The first-order valence-corrected chi connectivity index (χ1v) is 11.5. The summed E-state index contributed by atoms with van der Waals surface area (Å²) in [6.45, 7) is 2.86. The number of unbranched alkanes of at least 4 members (excludes halogenated alkanes) is 1. The van der Waals surface area contributed by atoms with E-state index in [0.717, 1.165) is 29.5 Å². The van der Waals surface area contributed by atoms with Gasteiger partial charge in [0.25, 0.3) is 0 Å². The second-order valence-electron chi connectivity index (χ2n) is 8.16. The molecule has 0 aliphatic carbocycles. The van der Waals surface area contributed by atoms with Crippen LogP contribution >= 0.6 is 0 Å². The molecule has 1 N–H and O–H groups in total. The molecule has 3 rings (SSSR count). The van der Waals surface area contributed by atoms with Gasteiger partial charge < -0.3 is 10.2 Å². The fraction of sp³-hybridized carbons (Fsp3) is 0.286. The monoisotopic (exact) mass is 446 g/mol. The minimum atomic E-state index is -0.675. The van der Waals surface area contributed by atoms with Gasteiger partial charge in [-0.15, -0.1) is 0 Å². The van der Waals surface area contributed by atoms with Crippen LogP contribution in [0.1, 0.15) is 36.5 Å². The summed E-state index contributed by atoms with van der Waals surface area (Å²) in [6.07, 6.45) is 2.44. The van der Waals surface area contributed by atoms with Gasteiger partial charge in [-0.05, 0) is 35.2 Å². The van der Waals surface area contributed by atoms with Crippen molar-refractivity contribution in [2.45, 2.75) is 45.2 Å². The molecule has 0 spiro atoms. The minimum Gasteiger partial charge on any atom is -0.354 e. The summed E-state index contributed by atoms with van der Waals surface area (Å²) in [6, 6.07) is 24.6. The van der Waals surface area contributed by atoms with Crippen molar-refractivity contribution in [2.24, 2.45) is 0 Å². The fourth-order valence-electron chi connectivity index (χ4n) is 3.72. The number of halogens is 1. The predicted octanol–water partition coefficient (Wildman–Crippen LogP) is 4.92. The summed E-state index contributed by atoms with van der Waals surface area (Å²) in [4.78, 5) is 28.5. The van der Waals surface area contributed by atoms with Crippen LogP contribution in [0.5, 0.6) is 0 Å². The molecule has 5 heteroatoms. The summed E-state index contributed by atoms with van der Waals surface area (Å²) in [5, 5.41) is 3.01. The van der Waals surface area contributed by atoms with Crippen LogP contribution in [0.4, 0.5) is 4.39 Å². The lowest BCUT2D eigenvalue weighted by atomic mass is 10.0. The Morgan fingerprint density at radius 1 is 0.848 bits per heavy atom. The average Bonchev–Trinajstić information content (AvgIpc) is 2.84. The van der Waals surface area contributed by atoms with Gasteiger partial charge in [0.15, 0.2) is 0 Å². The van der Waals surface area contributed by atoms with Crippen LogP contribution in [0.25, 0.3) is 0 Å². The highest BCUT2D eigenvalue weighted by molar-refractivity contribution is 5.88. The van der Waals surface area contributed by atoms with Gasteiger partial charge in [0, 0.05) is 19.5 Å². The van der Waals surface area contributed by atoms with Crippen LogP contribution in [0.3, 0.4) is 0 Å². The van der Waals surface area contributed by atoms with Gasteiger partial charge in [0.1, 0.15) is 11.9 Å². The minimum absolute atomic E-state index is 0.142. The van der Waals surface area contributed by atoms with E-state index in [1.807, 2.05) is 60.7 Å². The number of nitrogens with one attached hydrogen (secondary N) is 1. The zero-order valence-corrected chi connectivity index (χ0v) is 19.0. The third-order valence-electron chi connectivity index (χ3n) is 5.57. The van der Waals surface area contributed by atoms with Crippen molar-refractivity contribution in [3.8, 4) is 0 Å². The number of hydrogen-bond acceptors (Lipinski definition) is 2. The Labute approximate surface area is 195 Å². The van der Waals surface area contributed by atoms with E-state index in [2.05, 4.69) is 12.2 Å². The van der Waals surface area contributed by atoms with Crippen LogP contribution in [0, 0.1) is 5.82 Å². The zero-order chi connectivity index (χ0) is 23.5. The lowest BCUT2D eigenvalue weighted by Crippen LogP contribution is -2.51. The maximum atomic E-state index is 13.5. The molecule has 172 valence electrons. The number of nitrogens with zero attached hydrogens (tertiary/aromatic N) is 1. The SMILES string of the molecule is CCCCNC(=O)C(Cc1ccccc1)N(Cc1ccc(F)cc1)C(=O)Cc1ccccc1. The number of rotatable bonds is 11. The van der Waals surface area contributed by atoms with Crippen LogP contribution in [-0.2, 0) is 29.0 Å². The Hall–Kier alpha value is -3.47. The number of hydrogen-bond donors (Lipinski definition) is 1. The Kier molecular flexibility index (Phi) is 9.19. The van der Waals surface area contributed by atoms with Crippen LogP contribution in [0.2, 0.25) is 0 Å². The molecular formula is C28H31FN2O2. The first-order valence-electron chi connectivity index (χ1n) is 11.5. The van der Waals surface area contributed by atoms with Gasteiger partial charge in [-0.2, -0.15) is 0 Å². The maximum Gasteiger partial charge on any atom is 0.243 e. The predicted molar refractivity (Wildman–Crippen MR) is 129 cm³/mol. The quantitative estimate of drug-likeness (QED) is 0.425. The lowest BCUT2D eigenvalue weighted by molar-refractivity contribution is -0.140. The highest BCUT2D eigenvalue weighted by Crippen LogP contribution is 2.17. The smallest absolute Gasteiger partial charge is 0.243 e. The van der Waals surface area contributed by atoms with Crippen molar-refractivity contribution < 1.29 is 14.0 Å². The normalized spacial score (nSPS) is 11.6. The molecule has 3 aromatic rings. The van der Waals surface area contributed by atoms with Crippen LogP contribution in [0.15, 0.2) is 84.9 Å². The van der Waals surface area contributed by atoms with Crippen LogP contribution in [-0.4, -0.2) is 29.3 Å². The fourth-order valence-corrected chi connectivity index (χ4v) is 3.72. The molecule has 3 aromatic carbocycles. The van der Waals surface area contributed by atoms with E-state index in [1.165, 1.54) is 12.1 Å². The molecule has 0 bridgehead atoms. The third kappa shape index (κ3) is 7.56. The molecule has 0 heterocycles. The summed E-state index contributed by atoms with van der Waals surface area (Å²) in [5.41, 5.74) is 2.64. The largest absolute Gasteiger partial charge is 0.354 e. The van der Waals surface area contributed by atoms with E-state index in [4.69, 9.17) is 0 Å². The molecule has 1 unspecified atom stereocenters. The number of benzene rings is 3. The van der Waals surface area contributed by atoms with Crippen LogP contribution < -0.4 is 5.32 Å². The Balaban J connectivity index is 1.91. The highest BCUT2D eigenvalue weighted by atomic mass is 19.1. The average molecular weight is 447 g/mol. The van der Waals surface area contributed by atoms with Gasteiger partial charge in [-0.3, -0.25) is 9.59 Å². The second kappa shape index (κ2) is 12.5. The van der Waals surface area contributed by atoms with Gasteiger partial charge in [-0.25, -0.2) is 4.39 Å². The molecule has 0 aromatic heterocycles. The Morgan fingerprint density at radius 3 is 2.06 bits per heavy atom. The van der Waals surface area contributed by atoms with Crippen molar-refractivity contribution in [3.63, 3.8) is 0 Å². The zero-order valence-electron chi connectivity index (χ0n) is 19.0. The molecule has 0 radical (unpaired) electrons. The van der Waals surface area contributed by atoms with Gasteiger partial charge in [0.05, 0.1) is 6.42 Å². The first kappa shape index (κ1) is 24.2. The molecule has 2 amide bonds. The van der Waals surface area contributed by atoms with Gasteiger partial charge in [-0.1, -0.05) is 86.1 Å². The first-order chi connectivity index (χ1) is 16.1. The number of carbonyl (C=O) groups excluding carboxylic acids is 2. The summed E-state index contributed by atoms with van der Waals surface area (Å²) in [7, 11) is 0. The van der Waals surface area contributed by atoms with Crippen molar-refractivity contribution in [3.05, 3.63) is 107 Å². The third-order valence-corrected chi connectivity index (χ3v) is 5.57. The van der Waals surface area contributed by atoms with Crippen molar-refractivity contribution in [1.29, 1.82) is 0 Å². The number of carbonyl (C=O) groups is 2. The molecule has 0 saturated heterocycles. The molecule has 0 aliphatic rings. The Morgan fingerprint density at radius 2 is 1.45 bits per heavy atom. The lowest BCUT2D eigenvalue weighted by Gasteiger charge is -2.31. The van der Waals surface area contributed by atoms with Gasteiger partial charge in [0.2, 0.25) is 11.8 Å². The van der Waals surface area contributed by atoms with Crippen molar-refractivity contribution in [2.75, 3.05) is 6.54 Å². The summed E-state index contributed by atoms with van der Waals surface area (Å²) in [5.74, 6) is -0.646. The van der Waals surface area contributed by atoms with E-state index in [0.29, 0.717) is 13.0 Å². The molecular weight excluding hydrogens is 415 g/mol. The molecule has 0 fully saturated rings. The van der Waals surface area contributed by atoms with E-state index in [-0.39, 0.29) is 30.6 Å². The molecule has 1 atom stereocenters. The van der Waals surface area contributed by atoms with E-state index in [9.17, 15) is 14.0 Å². The van der Waals surface area contributed by atoms with Crippen molar-refractivity contribution >= 4 is 11.8 Å². The topological polar surface area (TPSA) is 49.4 Å². The molecule has 0 saturated carbocycles. The summed E-state index contributed by atoms with van der Waals surface area (Å²) >= 11 is 0. The second-order valence-corrected chi connectivity index (χ2v) is 8.16. The van der Waals surface area contributed by atoms with Crippen molar-refractivity contribution in [1.82, 2.24) is 10.2 Å². The standard InChI is InChI=1S/C28H31FN2O2/c1-2-3-18-30-28(33)26(19-22-10-6-4-7-11-22)31(21-24-14-16-25(29)17-15-24)27(32)20-23-12-8-5-9-13-23/h4-17,26H,2-3,18-21H2,1H3,(H,30,33). The van der Waals surface area contributed by atoms with E-state index >= 15 is 0 Å². The summed E-state index contributed by atoms with van der Waals surface area (Å²) < 4.78 is 13.5. The van der Waals surface area contributed by atoms with E-state index in [1.54, 1.807) is 17.0 Å². The molecule has 4 nitrogen and oxygen atoms in total.